The second kappa shape index (κ2) is 6.20. The number of carbonyl (C=O) groups excluding carboxylic acids is 1. The maximum absolute atomic E-state index is 11.9. The number of allylic oxidation sites excluding steroid dienone is 1. The summed E-state index contributed by atoms with van der Waals surface area (Å²) in [5.41, 5.74) is 0.636. The van der Waals surface area contributed by atoms with Crippen molar-refractivity contribution < 1.29 is 14.3 Å². The Morgan fingerprint density at radius 1 is 1.59 bits per heavy atom. The van der Waals surface area contributed by atoms with Gasteiger partial charge in [-0.05, 0) is 38.2 Å². The lowest BCUT2D eigenvalue weighted by atomic mass is 9.84. The van der Waals surface area contributed by atoms with Gasteiger partial charge in [0.1, 0.15) is 5.60 Å². The van der Waals surface area contributed by atoms with Crippen molar-refractivity contribution in [3.05, 3.63) is 11.6 Å². The van der Waals surface area contributed by atoms with E-state index in [1.807, 2.05) is 20.8 Å². The molecule has 0 spiro atoms. The Kier molecular flexibility index (Phi) is 5.19. The van der Waals surface area contributed by atoms with Crippen LogP contribution in [0.25, 0.3) is 0 Å². The third-order valence-corrected chi connectivity index (χ3v) is 3.57. The number of hydrogen-bond donors (Lipinski definition) is 0. The highest BCUT2D eigenvalue weighted by Crippen LogP contribution is 2.33. The highest BCUT2D eigenvalue weighted by atomic mass is 16.6. The Morgan fingerprint density at radius 2 is 2.29 bits per heavy atom. The van der Waals surface area contributed by atoms with Gasteiger partial charge in [0, 0.05) is 7.11 Å². The topological polar surface area (TPSA) is 35.5 Å². The molecule has 0 amide bonds. The second-order valence-corrected chi connectivity index (χ2v) is 5.02. The molecule has 0 aromatic carbocycles. The van der Waals surface area contributed by atoms with Crippen LogP contribution in [0.4, 0.5) is 0 Å². The number of carbonyl (C=O) groups is 1. The van der Waals surface area contributed by atoms with Gasteiger partial charge < -0.3 is 9.47 Å². The largest absolute Gasteiger partial charge is 0.455 e. The van der Waals surface area contributed by atoms with Crippen molar-refractivity contribution in [3.63, 3.8) is 0 Å². The van der Waals surface area contributed by atoms with E-state index in [9.17, 15) is 4.79 Å². The van der Waals surface area contributed by atoms with Crippen LogP contribution in [0.3, 0.4) is 0 Å². The minimum Gasteiger partial charge on any atom is -0.455 e. The van der Waals surface area contributed by atoms with Gasteiger partial charge in [0.2, 0.25) is 0 Å². The van der Waals surface area contributed by atoms with Crippen LogP contribution in [-0.4, -0.2) is 25.3 Å². The van der Waals surface area contributed by atoms with Crippen LogP contribution in [0.5, 0.6) is 0 Å². The Bertz CT molecular complexity index is 296. The SMILES string of the molecule is CCC(C)C(=O)OC1(C)CCCC=C1COC. The number of esters is 1. The summed E-state index contributed by atoms with van der Waals surface area (Å²) < 4.78 is 10.9. The smallest absolute Gasteiger partial charge is 0.309 e. The zero-order chi connectivity index (χ0) is 12.9. The molecule has 1 aliphatic rings. The quantitative estimate of drug-likeness (QED) is 0.547. The van der Waals surface area contributed by atoms with E-state index in [0.717, 1.165) is 31.3 Å². The molecule has 1 rings (SSSR count). The van der Waals surface area contributed by atoms with Gasteiger partial charge in [-0.1, -0.05) is 19.9 Å². The highest BCUT2D eigenvalue weighted by Gasteiger charge is 2.35. The lowest BCUT2D eigenvalue weighted by Crippen LogP contribution is -2.38. The molecule has 98 valence electrons. The molecule has 0 saturated heterocycles. The number of hydrogen-bond acceptors (Lipinski definition) is 3. The molecule has 0 aliphatic heterocycles. The lowest BCUT2D eigenvalue weighted by molar-refractivity contribution is -0.160. The molecule has 2 unspecified atom stereocenters. The van der Waals surface area contributed by atoms with Gasteiger partial charge in [-0.3, -0.25) is 4.79 Å². The van der Waals surface area contributed by atoms with Crippen molar-refractivity contribution in [2.75, 3.05) is 13.7 Å². The number of ether oxygens (including phenoxy) is 2. The molecule has 0 N–H and O–H groups in total. The first-order valence-electron chi connectivity index (χ1n) is 6.44. The molecule has 1 aliphatic carbocycles. The fourth-order valence-corrected chi connectivity index (χ4v) is 2.07. The Morgan fingerprint density at radius 3 is 2.88 bits per heavy atom. The zero-order valence-electron chi connectivity index (χ0n) is 11.4. The van der Waals surface area contributed by atoms with Crippen LogP contribution in [0.15, 0.2) is 11.6 Å². The summed E-state index contributed by atoms with van der Waals surface area (Å²) in [6, 6.07) is 0. The molecule has 3 heteroatoms. The summed E-state index contributed by atoms with van der Waals surface area (Å²) in [6.45, 7) is 6.46. The van der Waals surface area contributed by atoms with Crippen molar-refractivity contribution in [2.45, 2.75) is 52.1 Å². The van der Waals surface area contributed by atoms with E-state index in [2.05, 4.69) is 6.08 Å². The number of rotatable bonds is 5. The van der Waals surface area contributed by atoms with Gasteiger partial charge in [-0.2, -0.15) is 0 Å². The Hall–Kier alpha value is -0.830. The zero-order valence-corrected chi connectivity index (χ0v) is 11.4. The summed E-state index contributed by atoms with van der Waals surface area (Å²) in [6.07, 6.45) is 5.98. The van der Waals surface area contributed by atoms with Crippen molar-refractivity contribution in [2.24, 2.45) is 5.92 Å². The predicted molar refractivity (Wildman–Crippen MR) is 67.8 cm³/mol. The van der Waals surface area contributed by atoms with Crippen LogP contribution in [0.1, 0.15) is 46.5 Å². The molecular formula is C14H24O3. The molecule has 17 heavy (non-hydrogen) atoms. The van der Waals surface area contributed by atoms with Crippen LogP contribution in [0.2, 0.25) is 0 Å². The molecular weight excluding hydrogens is 216 g/mol. The fraction of sp³-hybridized carbons (Fsp3) is 0.786. The second-order valence-electron chi connectivity index (χ2n) is 5.02. The highest BCUT2D eigenvalue weighted by molar-refractivity contribution is 5.72. The molecule has 0 bridgehead atoms. The molecule has 3 nitrogen and oxygen atoms in total. The average Bonchev–Trinajstić information content (AvgIpc) is 2.31. The van der Waals surface area contributed by atoms with Gasteiger partial charge in [0.25, 0.3) is 0 Å². The predicted octanol–water partition coefficient (Wildman–Crippen LogP) is 3.09. The summed E-state index contributed by atoms with van der Waals surface area (Å²) in [5, 5.41) is 0. The molecule has 0 radical (unpaired) electrons. The van der Waals surface area contributed by atoms with E-state index in [-0.39, 0.29) is 11.9 Å². The fourth-order valence-electron chi connectivity index (χ4n) is 2.07. The monoisotopic (exact) mass is 240 g/mol. The van der Waals surface area contributed by atoms with Crippen LogP contribution >= 0.6 is 0 Å². The van der Waals surface area contributed by atoms with Gasteiger partial charge in [-0.15, -0.1) is 0 Å². The van der Waals surface area contributed by atoms with Crippen molar-refractivity contribution in [1.82, 2.24) is 0 Å². The van der Waals surface area contributed by atoms with E-state index in [0.29, 0.717) is 6.61 Å². The first-order valence-corrected chi connectivity index (χ1v) is 6.44. The first-order chi connectivity index (χ1) is 8.03. The summed E-state index contributed by atoms with van der Waals surface area (Å²) >= 11 is 0. The number of methoxy groups -OCH3 is 1. The van der Waals surface area contributed by atoms with Gasteiger partial charge >= 0.3 is 5.97 Å². The van der Waals surface area contributed by atoms with E-state index in [1.54, 1.807) is 7.11 Å². The standard InChI is InChI=1S/C14H24O3/c1-5-11(2)13(15)17-14(3)9-7-6-8-12(14)10-16-4/h8,11H,5-7,9-10H2,1-4H3. The minimum atomic E-state index is -0.464. The molecule has 0 fully saturated rings. The van der Waals surface area contributed by atoms with Gasteiger partial charge in [0.05, 0.1) is 12.5 Å². The minimum absolute atomic E-state index is 0.0300. The summed E-state index contributed by atoms with van der Waals surface area (Å²) in [4.78, 5) is 11.9. The molecule has 0 saturated carbocycles. The third-order valence-electron chi connectivity index (χ3n) is 3.57. The van der Waals surface area contributed by atoms with E-state index < -0.39 is 5.60 Å². The van der Waals surface area contributed by atoms with Crippen LogP contribution in [-0.2, 0) is 14.3 Å². The van der Waals surface area contributed by atoms with E-state index in [4.69, 9.17) is 9.47 Å². The van der Waals surface area contributed by atoms with E-state index in [1.165, 1.54) is 0 Å². The lowest BCUT2D eigenvalue weighted by Gasteiger charge is -2.35. The average molecular weight is 240 g/mol. The molecule has 0 heterocycles. The van der Waals surface area contributed by atoms with Crippen molar-refractivity contribution in [3.8, 4) is 0 Å². The van der Waals surface area contributed by atoms with Crippen molar-refractivity contribution >= 4 is 5.97 Å². The Balaban J connectivity index is 2.74. The molecule has 2 atom stereocenters. The van der Waals surface area contributed by atoms with E-state index >= 15 is 0 Å². The summed E-state index contributed by atoms with van der Waals surface area (Å²) in [7, 11) is 1.67. The maximum Gasteiger partial charge on any atom is 0.309 e. The third kappa shape index (κ3) is 3.56. The normalized spacial score (nSPS) is 26.2. The molecule has 0 aromatic rings. The van der Waals surface area contributed by atoms with Gasteiger partial charge in [-0.25, -0.2) is 0 Å². The molecule has 0 aromatic heterocycles. The Labute approximate surface area is 104 Å². The van der Waals surface area contributed by atoms with Crippen LogP contribution < -0.4 is 0 Å². The van der Waals surface area contributed by atoms with Gasteiger partial charge in [0.15, 0.2) is 0 Å². The van der Waals surface area contributed by atoms with Crippen LogP contribution in [0, 0.1) is 5.92 Å². The first kappa shape index (κ1) is 14.2. The maximum atomic E-state index is 11.9. The van der Waals surface area contributed by atoms with Crippen molar-refractivity contribution in [1.29, 1.82) is 0 Å². The summed E-state index contributed by atoms with van der Waals surface area (Å²) in [5.74, 6) is -0.128.